The van der Waals surface area contributed by atoms with Crippen molar-refractivity contribution in [3.63, 3.8) is 0 Å². The number of amides is 1. The van der Waals surface area contributed by atoms with Crippen LogP contribution in [0.25, 0.3) is 10.9 Å². The number of benzene rings is 2. The van der Waals surface area contributed by atoms with Crippen LogP contribution >= 0.6 is 0 Å². The smallest absolute Gasteiger partial charge is 0.248 e. The molecule has 8 nitrogen and oxygen atoms in total. The zero-order chi connectivity index (χ0) is 26.3. The van der Waals surface area contributed by atoms with Crippen molar-refractivity contribution in [1.82, 2.24) is 9.47 Å². The summed E-state index contributed by atoms with van der Waals surface area (Å²) in [5.41, 5.74) is 8.31. The third-order valence-electron chi connectivity index (χ3n) is 8.58. The Morgan fingerprint density at radius 2 is 1.92 bits per heavy atom. The fraction of sp³-hybridized carbons (Fsp3) is 0.467. The van der Waals surface area contributed by atoms with Crippen LogP contribution in [0.5, 0.6) is 11.5 Å². The molecule has 0 aliphatic carbocycles. The van der Waals surface area contributed by atoms with Gasteiger partial charge in [0.05, 0.1) is 32.3 Å². The van der Waals surface area contributed by atoms with Crippen LogP contribution in [0.3, 0.4) is 0 Å². The average Bonchev–Trinajstić information content (AvgIpc) is 3.36. The Bertz CT molecular complexity index is 1370. The third kappa shape index (κ3) is 4.56. The van der Waals surface area contributed by atoms with Gasteiger partial charge in [0.25, 0.3) is 0 Å². The highest BCUT2D eigenvalue weighted by Gasteiger charge is 2.43. The number of hydrogen-bond donors (Lipinski definition) is 1. The van der Waals surface area contributed by atoms with Crippen molar-refractivity contribution in [1.29, 1.82) is 0 Å². The number of Topliss-reactive ketones (excluding diaryl/α,β-unsaturated/α-hetero) is 1. The van der Waals surface area contributed by atoms with E-state index in [4.69, 9.17) is 19.9 Å². The summed E-state index contributed by atoms with van der Waals surface area (Å²) in [7, 11) is 1.68. The van der Waals surface area contributed by atoms with Crippen molar-refractivity contribution in [2.45, 2.75) is 50.2 Å². The number of ether oxygens (including phenoxy) is 3. The number of carbonyl (C=O) groups excluding carboxylic acids is 2. The third-order valence-corrected chi connectivity index (χ3v) is 8.58. The quantitative estimate of drug-likeness (QED) is 0.528. The first-order valence-corrected chi connectivity index (χ1v) is 13.6. The summed E-state index contributed by atoms with van der Waals surface area (Å²) in [6, 6.07) is 11.9. The summed E-state index contributed by atoms with van der Waals surface area (Å²) in [5, 5.41) is 1.12. The van der Waals surface area contributed by atoms with Gasteiger partial charge in [0, 0.05) is 61.4 Å². The van der Waals surface area contributed by atoms with Crippen LogP contribution in [0.1, 0.15) is 64.4 Å². The van der Waals surface area contributed by atoms with Gasteiger partial charge in [-0.05, 0) is 55.0 Å². The Balaban J connectivity index is 1.16. The predicted octanol–water partition coefficient (Wildman–Crippen LogP) is 4.14. The minimum absolute atomic E-state index is 0.149. The van der Waals surface area contributed by atoms with Crippen LogP contribution in [0.4, 0.5) is 0 Å². The van der Waals surface area contributed by atoms with Crippen LogP contribution in [-0.4, -0.2) is 66.7 Å². The standard InChI is InChI=1S/C30H35N3O5/c1-36-27-5-4-23-26(34)19-30(10-16-37-17-11-30)38-28(23)24(27)9-14-32-12-7-22(8-13-32)33-15-6-20-2-3-21(29(31)35)18-25(20)33/h2-6,15,18,22H,7-14,16-17,19H2,1H3,(H2,31,35). The van der Waals surface area contributed by atoms with E-state index in [1.165, 1.54) is 0 Å². The number of fused-ring (bicyclic) bond motifs is 2. The van der Waals surface area contributed by atoms with Gasteiger partial charge in [-0.2, -0.15) is 0 Å². The van der Waals surface area contributed by atoms with Crippen LogP contribution in [-0.2, 0) is 11.2 Å². The number of rotatable bonds is 6. The molecule has 0 saturated carbocycles. The molecule has 2 aromatic carbocycles. The van der Waals surface area contributed by atoms with Crippen LogP contribution in [0.2, 0.25) is 0 Å². The first-order valence-electron chi connectivity index (χ1n) is 13.6. The SMILES string of the molecule is COc1ccc2c(c1CCN1CCC(n3ccc4ccc(C(N)=O)cc43)CC1)OC1(CCOCC1)CC2=O. The van der Waals surface area contributed by atoms with Gasteiger partial charge >= 0.3 is 0 Å². The summed E-state index contributed by atoms with van der Waals surface area (Å²) in [6.07, 6.45) is 6.80. The van der Waals surface area contributed by atoms with Crippen molar-refractivity contribution < 1.29 is 23.8 Å². The van der Waals surface area contributed by atoms with E-state index in [2.05, 4.69) is 21.7 Å². The number of piperidine rings is 1. The van der Waals surface area contributed by atoms with E-state index in [1.54, 1.807) is 13.2 Å². The van der Waals surface area contributed by atoms with Gasteiger partial charge in [-0.15, -0.1) is 0 Å². The fourth-order valence-corrected chi connectivity index (χ4v) is 6.35. The molecule has 0 atom stereocenters. The van der Waals surface area contributed by atoms with E-state index in [0.717, 1.165) is 74.0 Å². The zero-order valence-corrected chi connectivity index (χ0v) is 21.9. The van der Waals surface area contributed by atoms with Gasteiger partial charge in [0.1, 0.15) is 17.1 Å². The molecule has 2 N–H and O–H groups in total. The number of hydrogen-bond acceptors (Lipinski definition) is 6. The van der Waals surface area contributed by atoms with Gasteiger partial charge in [-0.25, -0.2) is 0 Å². The molecule has 0 unspecified atom stereocenters. The highest BCUT2D eigenvalue weighted by atomic mass is 16.5. The topological polar surface area (TPSA) is 96.0 Å². The summed E-state index contributed by atoms with van der Waals surface area (Å²) in [5.74, 6) is 1.23. The van der Waals surface area contributed by atoms with E-state index in [-0.39, 0.29) is 5.78 Å². The zero-order valence-electron chi connectivity index (χ0n) is 21.9. The minimum Gasteiger partial charge on any atom is -0.496 e. The van der Waals surface area contributed by atoms with Crippen LogP contribution < -0.4 is 15.2 Å². The lowest BCUT2D eigenvalue weighted by atomic mass is 9.83. The number of nitrogens with two attached hydrogens (primary N) is 1. The first-order chi connectivity index (χ1) is 18.5. The first kappa shape index (κ1) is 24.9. The Morgan fingerprint density at radius 1 is 1.13 bits per heavy atom. The Kier molecular flexibility index (Phi) is 6.61. The van der Waals surface area contributed by atoms with Crippen molar-refractivity contribution in [3.05, 3.63) is 59.3 Å². The Labute approximate surface area is 222 Å². The highest BCUT2D eigenvalue weighted by molar-refractivity contribution is 6.01. The van der Waals surface area contributed by atoms with Gasteiger partial charge < -0.3 is 29.4 Å². The molecule has 2 fully saturated rings. The lowest BCUT2D eigenvalue weighted by molar-refractivity contribution is -0.0510. The second-order valence-corrected chi connectivity index (χ2v) is 10.8. The number of ketones is 1. The average molecular weight is 518 g/mol. The molecule has 4 heterocycles. The number of likely N-dealkylation sites (tertiary alicyclic amines) is 1. The van der Waals surface area contributed by atoms with Gasteiger partial charge in [0.15, 0.2) is 5.78 Å². The second-order valence-electron chi connectivity index (χ2n) is 10.8. The Morgan fingerprint density at radius 3 is 2.66 bits per heavy atom. The normalized spacial score (nSPS) is 19.9. The maximum Gasteiger partial charge on any atom is 0.248 e. The highest BCUT2D eigenvalue weighted by Crippen LogP contribution is 2.44. The molecule has 1 aromatic heterocycles. The lowest BCUT2D eigenvalue weighted by Crippen LogP contribution is -2.46. The lowest BCUT2D eigenvalue weighted by Gasteiger charge is -2.41. The maximum atomic E-state index is 13.1. The van der Waals surface area contributed by atoms with Gasteiger partial charge in [-0.1, -0.05) is 6.07 Å². The molecule has 8 heteroatoms. The maximum absolute atomic E-state index is 13.1. The molecule has 6 rings (SSSR count). The molecule has 3 aliphatic rings. The molecule has 1 amide bonds. The number of carbonyl (C=O) groups is 2. The van der Waals surface area contributed by atoms with Crippen molar-refractivity contribution in [2.75, 3.05) is 40.0 Å². The Hall–Kier alpha value is -3.36. The molecule has 1 spiro atoms. The van der Waals surface area contributed by atoms with E-state index in [9.17, 15) is 9.59 Å². The van der Waals surface area contributed by atoms with E-state index >= 15 is 0 Å². The van der Waals surface area contributed by atoms with Crippen molar-refractivity contribution >= 4 is 22.6 Å². The summed E-state index contributed by atoms with van der Waals surface area (Å²) < 4.78 is 20.2. The van der Waals surface area contributed by atoms with Crippen molar-refractivity contribution in [3.8, 4) is 11.5 Å². The van der Waals surface area contributed by atoms with Crippen LogP contribution in [0.15, 0.2) is 42.6 Å². The molecular weight excluding hydrogens is 482 g/mol. The summed E-state index contributed by atoms with van der Waals surface area (Å²) in [6.45, 7) is 4.05. The fourth-order valence-electron chi connectivity index (χ4n) is 6.35. The molecule has 200 valence electrons. The molecule has 38 heavy (non-hydrogen) atoms. The van der Waals surface area contributed by atoms with E-state index < -0.39 is 11.5 Å². The number of primary amides is 1. The minimum atomic E-state index is -0.463. The molecule has 0 bridgehead atoms. The monoisotopic (exact) mass is 517 g/mol. The van der Waals surface area contributed by atoms with Gasteiger partial charge in [-0.3, -0.25) is 9.59 Å². The molecule has 3 aliphatic heterocycles. The molecule has 3 aromatic rings. The summed E-state index contributed by atoms with van der Waals surface area (Å²) in [4.78, 5) is 27.3. The molecule has 0 radical (unpaired) electrons. The van der Waals surface area contributed by atoms with Crippen LogP contribution in [0, 0.1) is 0 Å². The molecule has 2 saturated heterocycles. The van der Waals surface area contributed by atoms with Crippen molar-refractivity contribution in [2.24, 2.45) is 5.73 Å². The number of nitrogens with zero attached hydrogens (tertiary/aromatic N) is 2. The summed E-state index contributed by atoms with van der Waals surface area (Å²) >= 11 is 0. The van der Waals surface area contributed by atoms with Gasteiger partial charge in [0.2, 0.25) is 5.91 Å². The number of methoxy groups -OCH3 is 1. The largest absolute Gasteiger partial charge is 0.496 e. The molecular formula is C30H35N3O5. The number of aromatic nitrogens is 1. The predicted molar refractivity (Wildman–Crippen MR) is 144 cm³/mol. The van der Waals surface area contributed by atoms with E-state index in [0.29, 0.717) is 42.6 Å². The van der Waals surface area contributed by atoms with E-state index in [1.807, 2.05) is 24.3 Å². The second kappa shape index (κ2) is 10.1.